The van der Waals surface area contributed by atoms with E-state index in [1.807, 2.05) is 36.4 Å². The number of nitrogens with zero attached hydrogens (tertiary/aromatic N) is 1. The Labute approximate surface area is 142 Å². The summed E-state index contributed by atoms with van der Waals surface area (Å²) in [5.74, 6) is -0.115. The van der Waals surface area contributed by atoms with Gasteiger partial charge in [-0.1, -0.05) is 36.0 Å². The number of rotatable bonds is 4. The molecule has 0 saturated heterocycles. The molecule has 24 heavy (non-hydrogen) atoms. The number of amides is 1. The lowest BCUT2D eigenvalue weighted by Gasteiger charge is -2.11. The van der Waals surface area contributed by atoms with Crippen molar-refractivity contribution in [3.05, 3.63) is 70.8 Å². The zero-order chi connectivity index (χ0) is 17.1. The first-order valence-electron chi connectivity index (χ1n) is 7.26. The smallest absolute Gasteiger partial charge is 0.269 e. The lowest BCUT2D eigenvalue weighted by atomic mass is 10.1. The van der Waals surface area contributed by atoms with E-state index in [-0.39, 0.29) is 11.6 Å². The van der Waals surface area contributed by atoms with Gasteiger partial charge in [-0.05, 0) is 29.7 Å². The van der Waals surface area contributed by atoms with E-state index < -0.39 is 4.92 Å². The van der Waals surface area contributed by atoms with Crippen LogP contribution in [0.1, 0.15) is 6.92 Å². The SMILES string of the molecule is CC(=O)Nc1ccc(Sc2ccc([N+](=O)[O-])cc2)c2ccccc12. The Bertz CT molecular complexity index is 923. The molecule has 1 N–H and O–H groups in total. The molecule has 3 rings (SSSR count). The van der Waals surface area contributed by atoms with Crippen molar-refractivity contribution in [1.82, 2.24) is 0 Å². The van der Waals surface area contributed by atoms with Gasteiger partial charge >= 0.3 is 0 Å². The van der Waals surface area contributed by atoms with Crippen LogP contribution in [0.2, 0.25) is 0 Å². The van der Waals surface area contributed by atoms with Crippen LogP contribution in [0.25, 0.3) is 10.8 Å². The van der Waals surface area contributed by atoms with E-state index in [0.29, 0.717) is 0 Å². The molecule has 0 atom stereocenters. The van der Waals surface area contributed by atoms with Crippen LogP contribution in [0.15, 0.2) is 70.5 Å². The number of nitro groups is 1. The summed E-state index contributed by atoms with van der Waals surface area (Å²) in [4.78, 5) is 23.6. The highest BCUT2D eigenvalue weighted by molar-refractivity contribution is 7.99. The van der Waals surface area contributed by atoms with Crippen LogP contribution >= 0.6 is 11.8 Å². The van der Waals surface area contributed by atoms with Crippen molar-refractivity contribution >= 4 is 39.8 Å². The largest absolute Gasteiger partial charge is 0.326 e. The standard InChI is InChI=1S/C18H14N2O3S/c1-12(21)19-17-10-11-18(16-5-3-2-4-15(16)17)24-14-8-6-13(7-9-14)20(22)23/h2-11H,1H3,(H,19,21). The Morgan fingerprint density at radius 2 is 1.67 bits per heavy atom. The molecule has 0 radical (unpaired) electrons. The maximum absolute atomic E-state index is 11.3. The van der Waals surface area contributed by atoms with Gasteiger partial charge in [0.1, 0.15) is 0 Å². The molecule has 0 spiro atoms. The minimum atomic E-state index is -0.411. The topological polar surface area (TPSA) is 72.2 Å². The molecule has 0 aliphatic heterocycles. The highest BCUT2D eigenvalue weighted by Crippen LogP contribution is 2.37. The van der Waals surface area contributed by atoms with E-state index in [1.54, 1.807) is 12.1 Å². The van der Waals surface area contributed by atoms with Crippen LogP contribution in [-0.4, -0.2) is 10.8 Å². The number of carbonyl (C=O) groups is 1. The molecule has 1 amide bonds. The van der Waals surface area contributed by atoms with Gasteiger partial charge < -0.3 is 5.32 Å². The summed E-state index contributed by atoms with van der Waals surface area (Å²) in [6.45, 7) is 1.48. The third-order valence-electron chi connectivity index (χ3n) is 3.47. The van der Waals surface area contributed by atoms with Crippen molar-refractivity contribution in [3.63, 3.8) is 0 Å². The first-order valence-corrected chi connectivity index (χ1v) is 8.08. The number of nitrogens with one attached hydrogen (secondary N) is 1. The molecule has 3 aromatic carbocycles. The summed E-state index contributed by atoms with van der Waals surface area (Å²) in [5.41, 5.74) is 0.844. The van der Waals surface area contributed by atoms with Crippen molar-refractivity contribution in [2.45, 2.75) is 16.7 Å². The van der Waals surface area contributed by atoms with Gasteiger partial charge in [-0.2, -0.15) is 0 Å². The fourth-order valence-corrected chi connectivity index (χ4v) is 3.37. The van der Waals surface area contributed by atoms with Crippen LogP contribution in [0.4, 0.5) is 11.4 Å². The van der Waals surface area contributed by atoms with E-state index >= 15 is 0 Å². The average molecular weight is 338 g/mol. The fraction of sp³-hybridized carbons (Fsp3) is 0.0556. The van der Waals surface area contributed by atoms with E-state index in [0.717, 1.165) is 26.3 Å². The highest BCUT2D eigenvalue weighted by atomic mass is 32.2. The molecule has 0 bridgehead atoms. The Morgan fingerprint density at radius 3 is 2.29 bits per heavy atom. The van der Waals surface area contributed by atoms with Gasteiger partial charge in [0, 0.05) is 39.9 Å². The zero-order valence-electron chi connectivity index (χ0n) is 12.9. The van der Waals surface area contributed by atoms with E-state index in [9.17, 15) is 14.9 Å². The summed E-state index contributed by atoms with van der Waals surface area (Å²) in [6.07, 6.45) is 0. The fourth-order valence-electron chi connectivity index (χ4n) is 2.42. The first kappa shape index (κ1) is 16.0. The highest BCUT2D eigenvalue weighted by Gasteiger charge is 2.09. The lowest BCUT2D eigenvalue weighted by molar-refractivity contribution is -0.384. The maximum atomic E-state index is 11.3. The molecule has 120 valence electrons. The second-order valence-electron chi connectivity index (χ2n) is 5.19. The number of carbonyl (C=O) groups excluding carboxylic acids is 1. The van der Waals surface area contributed by atoms with Crippen molar-refractivity contribution in [3.8, 4) is 0 Å². The van der Waals surface area contributed by atoms with Gasteiger partial charge in [-0.3, -0.25) is 14.9 Å². The number of non-ortho nitro benzene ring substituents is 1. The van der Waals surface area contributed by atoms with Gasteiger partial charge in [0.2, 0.25) is 5.91 Å². The van der Waals surface area contributed by atoms with E-state index in [4.69, 9.17) is 0 Å². The third-order valence-corrected chi connectivity index (χ3v) is 4.55. The van der Waals surface area contributed by atoms with Gasteiger partial charge in [0.05, 0.1) is 4.92 Å². The van der Waals surface area contributed by atoms with Crippen LogP contribution in [0.3, 0.4) is 0 Å². The molecule has 0 unspecified atom stereocenters. The number of hydrogen-bond donors (Lipinski definition) is 1. The van der Waals surface area contributed by atoms with Crippen LogP contribution < -0.4 is 5.32 Å². The second-order valence-corrected chi connectivity index (χ2v) is 6.31. The predicted molar refractivity (Wildman–Crippen MR) is 95.5 cm³/mol. The molecule has 5 nitrogen and oxygen atoms in total. The van der Waals surface area contributed by atoms with Crippen molar-refractivity contribution in [2.24, 2.45) is 0 Å². The monoisotopic (exact) mass is 338 g/mol. The van der Waals surface area contributed by atoms with Gasteiger partial charge in [0.25, 0.3) is 5.69 Å². The van der Waals surface area contributed by atoms with Crippen molar-refractivity contribution < 1.29 is 9.72 Å². The number of hydrogen-bond acceptors (Lipinski definition) is 4. The minimum absolute atomic E-state index is 0.0743. The Hall–Kier alpha value is -2.86. The number of anilines is 1. The predicted octanol–water partition coefficient (Wildman–Crippen LogP) is 4.86. The quantitative estimate of drug-likeness (QED) is 0.545. The molecular formula is C18H14N2O3S. The molecule has 0 aromatic heterocycles. The normalized spacial score (nSPS) is 10.5. The molecule has 3 aromatic rings. The summed E-state index contributed by atoms with van der Waals surface area (Å²) >= 11 is 1.53. The molecule has 0 aliphatic carbocycles. The number of fused-ring (bicyclic) bond motifs is 1. The first-order chi connectivity index (χ1) is 11.5. The summed E-state index contributed by atoms with van der Waals surface area (Å²) in [7, 11) is 0. The van der Waals surface area contributed by atoms with Gasteiger partial charge in [0.15, 0.2) is 0 Å². The molecule has 0 saturated carbocycles. The Balaban J connectivity index is 1.98. The third kappa shape index (κ3) is 3.38. The van der Waals surface area contributed by atoms with Crippen molar-refractivity contribution in [2.75, 3.05) is 5.32 Å². The summed E-state index contributed by atoms with van der Waals surface area (Å²) < 4.78 is 0. The van der Waals surface area contributed by atoms with Crippen LogP contribution in [0, 0.1) is 10.1 Å². The minimum Gasteiger partial charge on any atom is -0.326 e. The van der Waals surface area contributed by atoms with E-state index in [2.05, 4.69) is 5.32 Å². The molecule has 6 heteroatoms. The number of nitro benzene ring substituents is 1. The molecule has 0 aliphatic rings. The maximum Gasteiger partial charge on any atom is 0.269 e. The number of benzene rings is 3. The van der Waals surface area contributed by atoms with Crippen molar-refractivity contribution in [1.29, 1.82) is 0 Å². The van der Waals surface area contributed by atoms with Gasteiger partial charge in [-0.25, -0.2) is 0 Å². The summed E-state index contributed by atoms with van der Waals surface area (Å²) in [6, 6.07) is 18.1. The molecular weight excluding hydrogens is 324 g/mol. The van der Waals surface area contributed by atoms with Crippen LogP contribution in [-0.2, 0) is 4.79 Å². The summed E-state index contributed by atoms with van der Waals surface area (Å²) in [5, 5.41) is 15.5. The van der Waals surface area contributed by atoms with Gasteiger partial charge in [-0.15, -0.1) is 0 Å². The Kier molecular flexibility index (Phi) is 4.48. The average Bonchev–Trinajstić information content (AvgIpc) is 2.57. The zero-order valence-corrected chi connectivity index (χ0v) is 13.7. The lowest BCUT2D eigenvalue weighted by Crippen LogP contribution is -2.06. The molecule has 0 fully saturated rings. The van der Waals surface area contributed by atoms with Crippen LogP contribution in [0.5, 0.6) is 0 Å². The molecule has 0 heterocycles. The Morgan fingerprint density at radius 1 is 1.00 bits per heavy atom. The van der Waals surface area contributed by atoms with E-state index in [1.165, 1.54) is 30.8 Å². The second kappa shape index (κ2) is 6.72.